The van der Waals surface area contributed by atoms with E-state index >= 15 is 0 Å². The summed E-state index contributed by atoms with van der Waals surface area (Å²) in [7, 11) is 1.66. The molecule has 184 valence electrons. The van der Waals surface area contributed by atoms with E-state index in [0.29, 0.717) is 0 Å². The number of aromatic nitrogens is 2. The van der Waals surface area contributed by atoms with Crippen molar-refractivity contribution in [3.63, 3.8) is 0 Å². The first kappa shape index (κ1) is 24.5. The topological polar surface area (TPSA) is 70.6 Å². The summed E-state index contributed by atoms with van der Waals surface area (Å²) in [6.07, 6.45) is 1.58. The number of methoxy groups -OCH3 is 1. The van der Waals surface area contributed by atoms with Gasteiger partial charge in [-0.15, -0.1) is 10.2 Å². The van der Waals surface area contributed by atoms with Gasteiger partial charge >= 0.3 is 0 Å². The van der Waals surface area contributed by atoms with E-state index in [1.54, 1.807) is 7.11 Å². The molecule has 1 fully saturated rings. The summed E-state index contributed by atoms with van der Waals surface area (Å²) in [5, 5.41) is 12.0. The van der Waals surface area contributed by atoms with E-state index in [-0.39, 0.29) is 11.8 Å². The molecule has 1 aliphatic rings. The van der Waals surface area contributed by atoms with Crippen LogP contribution in [0.3, 0.4) is 0 Å². The van der Waals surface area contributed by atoms with Crippen LogP contribution in [0.2, 0.25) is 0 Å². The molecule has 0 radical (unpaired) electrons. The van der Waals surface area contributed by atoms with Gasteiger partial charge in [0.1, 0.15) is 5.75 Å². The summed E-state index contributed by atoms with van der Waals surface area (Å²) in [5.41, 5.74) is 4.88. The molecule has 4 rings (SSSR count). The molecule has 1 amide bonds. The maximum atomic E-state index is 13.0. The number of hydrogen-bond donors (Lipinski definition) is 1. The number of carbonyl (C=O) groups is 1. The molecule has 0 aliphatic carbocycles. The molecular weight excluding hydrogens is 438 g/mol. The third kappa shape index (κ3) is 5.56. The molecule has 1 aliphatic heterocycles. The Morgan fingerprint density at radius 2 is 1.80 bits per heavy atom. The fraction of sp³-hybridized carbons (Fsp3) is 0.393. The second-order valence-electron chi connectivity index (χ2n) is 8.90. The van der Waals surface area contributed by atoms with Crippen LogP contribution in [0.15, 0.2) is 54.6 Å². The van der Waals surface area contributed by atoms with Gasteiger partial charge in [-0.2, -0.15) is 0 Å². The van der Waals surface area contributed by atoms with Crippen molar-refractivity contribution in [2.24, 2.45) is 5.92 Å². The molecule has 3 aromatic rings. The van der Waals surface area contributed by atoms with E-state index < -0.39 is 0 Å². The highest BCUT2D eigenvalue weighted by atomic mass is 16.5. The van der Waals surface area contributed by atoms with Crippen LogP contribution in [0.1, 0.15) is 32.3 Å². The number of hydrogen-bond acceptors (Lipinski definition) is 6. The first-order chi connectivity index (χ1) is 17.0. The van der Waals surface area contributed by atoms with Gasteiger partial charge in [0, 0.05) is 49.0 Å². The normalized spacial score (nSPS) is 14.0. The Hall–Kier alpha value is -3.61. The molecule has 2 aromatic carbocycles. The second-order valence-corrected chi connectivity index (χ2v) is 8.90. The van der Waals surface area contributed by atoms with E-state index in [9.17, 15) is 4.79 Å². The zero-order chi connectivity index (χ0) is 24.8. The van der Waals surface area contributed by atoms with Gasteiger partial charge in [0.15, 0.2) is 5.82 Å². The van der Waals surface area contributed by atoms with Gasteiger partial charge in [-0.05, 0) is 81.6 Å². The molecule has 2 heterocycles. The minimum absolute atomic E-state index is 0.00563. The molecule has 1 aromatic heterocycles. The lowest BCUT2D eigenvalue weighted by molar-refractivity contribution is -0.120. The molecule has 0 unspecified atom stereocenters. The van der Waals surface area contributed by atoms with Gasteiger partial charge < -0.3 is 19.9 Å². The van der Waals surface area contributed by atoms with Crippen molar-refractivity contribution in [3.05, 3.63) is 60.2 Å². The van der Waals surface area contributed by atoms with Crippen LogP contribution >= 0.6 is 0 Å². The molecule has 7 nitrogen and oxygen atoms in total. The first-order valence-corrected chi connectivity index (χ1v) is 12.4. The smallest absolute Gasteiger partial charge is 0.227 e. The maximum absolute atomic E-state index is 13.0. The quantitative estimate of drug-likeness (QED) is 0.487. The van der Waals surface area contributed by atoms with E-state index in [0.717, 1.165) is 73.1 Å². The van der Waals surface area contributed by atoms with Gasteiger partial charge in [-0.1, -0.05) is 12.1 Å². The van der Waals surface area contributed by atoms with Crippen molar-refractivity contribution < 1.29 is 9.53 Å². The van der Waals surface area contributed by atoms with E-state index in [4.69, 9.17) is 4.74 Å². The number of aryl methyl sites for hydroxylation is 1. The fourth-order valence-electron chi connectivity index (χ4n) is 4.67. The molecule has 35 heavy (non-hydrogen) atoms. The molecule has 0 bridgehead atoms. The maximum Gasteiger partial charge on any atom is 0.227 e. The average molecular weight is 474 g/mol. The third-order valence-corrected chi connectivity index (χ3v) is 6.82. The predicted molar refractivity (Wildman–Crippen MR) is 142 cm³/mol. The molecule has 1 saturated heterocycles. The number of ether oxygens (including phenoxy) is 1. The van der Waals surface area contributed by atoms with Gasteiger partial charge in [0.05, 0.1) is 12.8 Å². The van der Waals surface area contributed by atoms with Crippen molar-refractivity contribution in [2.75, 3.05) is 48.4 Å². The summed E-state index contributed by atoms with van der Waals surface area (Å²) >= 11 is 0. The molecule has 0 saturated carbocycles. The highest BCUT2D eigenvalue weighted by molar-refractivity contribution is 5.93. The SMILES string of the molecule is CCN(CC)c1ccc(NC(=O)C2CCN(c3ccc(-c4ccccc4OC)nn3)CC2)c(C)c1. The highest BCUT2D eigenvalue weighted by Crippen LogP contribution is 2.30. The Labute approximate surface area is 208 Å². The van der Waals surface area contributed by atoms with E-state index in [2.05, 4.69) is 58.2 Å². The largest absolute Gasteiger partial charge is 0.496 e. The number of amides is 1. The van der Waals surface area contributed by atoms with Crippen LogP contribution in [0.4, 0.5) is 17.2 Å². The summed E-state index contributed by atoms with van der Waals surface area (Å²) < 4.78 is 5.44. The van der Waals surface area contributed by atoms with Gasteiger partial charge in [-0.25, -0.2) is 0 Å². The molecular formula is C28H35N5O2. The van der Waals surface area contributed by atoms with Crippen molar-refractivity contribution in [3.8, 4) is 17.0 Å². The van der Waals surface area contributed by atoms with Crippen LogP contribution in [-0.4, -0.2) is 49.4 Å². The Morgan fingerprint density at radius 1 is 1.06 bits per heavy atom. The zero-order valence-corrected chi connectivity index (χ0v) is 21.1. The van der Waals surface area contributed by atoms with Crippen molar-refractivity contribution in [1.82, 2.24) is 10.2 Å². The van der Waals surface area contributed by atoms with E-state index in [1.165, 1.54) is 5.69 Å². The van der Waals surface area contributed by atoms with Crippen molar-refractivity contribution in [1.29, 1.82) is 0 Å². The molecule has 7 heteroatoms. The Morgan fingerprint density at radius 3 is 2.43 bits per heavy atom. The van der Waals surface area contributed by atoms with Gasteiger partial charge in [0.2, 0.25) is 5.91 Å². The molecule has 0 atom stereocenters. The van der Waals surface area contributed by atoms with Crippen LogP contribution in [-0.2, 0) is 4.79 Å². The minimum Gasteiger partial charge on any atom is -0.496 e. The predicted octanol–water partition coefficient (Wildman–Crippen LogP) is 5.16. The molecule has 0 spiro atoms. The van der Waals surface area contributed by atoms with Crippen molar-refractivity contribution in [2.45, 2.75) is 33.6 Å². The lowest BCUT2D eigenvalue weighted by atomic mass is 9.95. The lowest BCUT2D eigenvalue weighted by Crippen LogP contribution is -2.38. The van der Waals surface area contributed by atoms with Crippen molar-refractivity contribution >= 4 is 23.1 Å². The fourth-order valence-corrected chi connectivity index (χ4v) is 4.67. The molecule has 1 N–H and O–H groups in total. The number of rotatable bonds is 8. The van der Waals surface area contributed by atoms with Gasteiger partial charge in [0.25, 0.3) is 0 Å². The van der Waals surface area contributed by atoms with Crippen LogP contribution in [0.5, 0.6) is 5.75 Å². The monoisotopic (exact) mass is 473 g/mol. The van der Waals surface area contributed by atoms with E-state index in [1.807, 2.05) is 42.5 Å². The number of piperidine rings is 1. The lowest BCUT2D eigenvalue weighted by Gasteiger charge is -2.32. The summed E-state index contributed by atoms with van der Waals surface area (Å²) in [5.74, 6) is 1.71. The Kier molecular flexibility index (Phi) is 7.85. The summed E-state index contributed by atoms with van der Waals surface area (Å²) in [4.78, 5) is 17.5. The summed E-state index contributed by atoms with van der Waals surface area (Å²) in [6.45, 7) is 9.85. The number of para-hydroxylation sites is 1. The number of anilines is 3. The Bertz CT molecular complexity index is 1140. The zero-order valence-electron chi connectivity index (χ0n) is 21.1. The number of benzene rings is 2. The van der Waals surface area contributed by atoms with Crippen LogP contribution < -0.4 is 19.9 Å². The first-order valence-electron chi connectivity index (χ1n) is 12.4. The summed E-state index contributed by atoms with van der Waals surface area (Å²) in [6, 6.07) is 18.0. The van der Waals surface area contributed by atoms with Crippen LogP contribution in [0, 0.1) is 12.8 Å². The number of nitrogens with zero attached hydrogens (tertiary/aromatic N) is 4. The minimum atomic E-state index is -0.00563. The average Bonchev–Trinajstić information content (AvgIpc) is 2.91. The standard InChI is InChI=1S/C28H35N5O2/c1-5-32(6-2)22-11-12-24(20(3)19-22)29-28(34)21-15-17-33(18-16-21)27-14-13-25(30-31-27)23-9-7-8-10-26(23)35-4/h7-14,19,21H,5-6,15-18H2,1-4H3,(H,29,34). The third-order valence-electron chi connectivity index (χ3n) is 6.82. The Balaban J connectivity index is 1.34. The highest BCUT2D eigenvalue weighted by Gasteiger charge is 2.26. The second kappa shape index (κ2) is 11.2. The number of carbonyl (C=O) groups excluding carboxylic acids is 1. The van der Waals surface area contributed by atoms with Gasteiger partial charge in [-0.3, -0.25) is 4.79 Å². The number of nitrogens with one attached hydrogen (secondary N) is 1. The van der Waals surface area contributed by atoms with Crippen LogP contribution in [0.25, 0.3) is 11.3 Å².